The predicted molar refractivity (Wildman–Crippen MR) is 150 cm³/mol. The SMILES string of the molecule is CN[C@@H](C)C(=O)NC1C(=O)N(Cc2c(OC)ccc3cc(Br)ccc23)c2ccccc2OC12CCCOC2. The number of ether oxygens (including phenoxy) is 3. The van der Waals surface area contributed by atoms with Crippen LogP contribution in [0, 0.1) is 0 Å². The summed E-state index contributed by atoms with van der Waals surface area (Å²) < 4.78 is 19.2. The fraction of sp³-hybridized carbons (Fsp3) is 0.379. The summed E-state index contributed by atoms with van der Waals surface area (Å²) in [5.41, 5.74) is 0.471. The van der Waals surface area contributed by atoms with Crippen molar-refractivity contribution in [3.8, 4) is 11.5 Å². The minimum absolute atomic E-state index is 0.200. The van der Waals surface area contributed by atoms with E-state index in [4.69, 9.17) is 14.2 Å². The predicted octanol–water partition coefficient (Wildman–Crippen LogP) is 4.18. The molecule has 1 spiro atoms. The maximum absolute atomic E-state index is 14.5. The highest BCUT2D eigenvalue weighted by Crippen LogP contribution is 2.42. The molecule has 0 aromatic heterocycles. The first-order chi connectivity index (χ1) is 18.4. The molecule has 5 rings (SSSR count). The van der Waals surface area contributed by atoms with Gasteiger partial charge < -0.3 is 29.7 Å². The van der Waals surface area contributed by atoms with Crippen LogP contribution in [0.3, 0.4) is 0 Å². The van der Waals surface area contributed by atoms with Gasteiger partial charge in [0.05, 0.1) is 32.0 Å². The Morgan fingerprint density at radius 3 is 2.79 bits per heavy atom. The number of rotatable bonds is 6. The Kier molecular flexibility index (Phi) is 7.61. The molecule has 2 aliphatic rings. The van der Waals surface area contributed by atoms with E-state index in [9.17, 15) is 9.59 Å². The number of nitrogens with one attached hydrogen (secondary N) is 2. The standard InChI is InChI=1S/C29H32BrN3O5/c1-18(31-2)27(34)32-26-28(35)33(16-22-21-11-10-20(30)15-19(21)9-12-24(22)36-3)23-7-4-5-8-25(23)38-29(26)13-6-14-37-17-29/h4-5,7-12,15,18,26,31H,6,13-14,16-17H2,1-3H3,(H,32,34)/t18-,26?,29?/m0/s1. The molecule has 2 amide bonds. The second-order valence-electron chi connectivity index (χ2n) is 9.78. The molecule has 9 heteroatoms. The van der Waals surface area contributed by atoms with Gasteiger partial charge in [-0.15, -0.1) is 0 Å². The zero-order chi connectivity index (χ0) is 26.9. The summed E-state index contributed by atoms with van der Waals surface area (Å²) in [4.78, 5) is 29.3. The Bertz CT molecular complexity index is 1360. The Morgan fingerprint density at radius 1 is 1.24 bits per heavy atom. The number of fused-ring (bicyclic) bond motifs is 2. The summed E-state index contributed by atoms with van der Waals surface area (Å²) in [5.74, 6) is 0.716. The van der Waals surface area contributed by atoms with Gasteiger partial charge in [0.15, 0.2) is 11.6 Å². The van der Waals surface area contributed by atoms with Crippen molar-refractivity contribution < 1.29 is 23.8 Å². The van der Waals surface area contributed by atoms with Gasteiger partial charge in [0, 0.05) is 16.6 Å². The molecule has 38 heavy (non-hydrogen) atoms. The largest absolute Gasteiger partial charge is 0.496 e. The number of para-hydroxylation sites is 2. The molecule has 2 heterocycles. The van der Waals surface area contributed by atoms with Crippen molar-refractivity contribution in [1.29, 1.82) is 0 Å². The van der Waals surface area contributed by atoms with Gasteiger partial charge in [-0.2, -0.15) is 0 Å². The Hall–Kier alpha value is -3.14. The third-order valence-electron chi connectivity index (χ3n) is 7.44. The molecule has 0 saturated carbocycles. The van der Waals surface area contributed by atoms with Crippen LogP contribution >= 0.6 is 15.9 Å². The number of nitrogens with zero attached hydrogens (tertiary/aromatic N) is 1. The van der Waals surface area contributed by atoms with Crippen LogP contribution in [0.1, 0.15) is 25.3 Å². The number of benzene rings is 3. The number of hydrogen-bond acceptors (Lipinski definition) is 6. The second kappa shape index (κ2) is 10.9. The average Bonchev–Trinajstić information content (AvgIpc) is 3.02. The lowest BCUT2D eigenvalue weighted by Gasteiger charge is -2.41. The molecule has 0 radical (unpaired) electrons. The fourth-order valence-electron chi connectivity index (χ4n) is 5.25. The van der Waals surface area contributed by atoms with E-state index in [1.54, 1.807) is 26.0 Å². The summed E-state index contributed by atoms with van der Waals surface area (Å²) in [6.07, 6.45) is 1.29. The average molecular weight is 582 g/mol. The highest BCUT2D eigenvalue weighted by Gasteiger charge is 2.52. The number of anilines is 1. The topological polar surface area (TPSA) is 89.1 Å². The number of hydrogen-bond donors (Lipinski definition) is 2. The lowest BCUT2D eigenvalue weighted by Crippen LogP contribution is -2.66. The Morgan fingerprint density at radius 2 is 2.05 bits per heavy atom. The van der Waals surface area contributed by atoms with E-state index in [1.807, 2.05) is 54.6 Å². The van der Waals surface area contributed by atoms with E-state index in [0.29, 0.717) is 30.2 Å². The van der Waals surface area contributed by atoms with Crippen LogP contribution in [-0.2, 0) is 20.9 Å². The molecule has 2 N–H and O–H groups in total. The maximum atomic E-state index is 14.5. The van der Waals surface area contributed by atoms with E-state index in [0.717, 1.165) is 27.2 Å². The summed E-state index contributed by atoms with van der Waals surface area (Å²) in [7, 11) is 3.34. The first-order valence-corrected chi connectivity index (χ1v) is 13.6. The van der Waals surface area contributed by atoms with Crippen molar-refractivity contribution in [2.75, 3.05) is 32.3 Å². The molecule has 1 fully saturated rings. The molecular formula is C29H32BrN3O5. The number of carbonyl (C=O) groups excluding carboxylic acids is 2. The number of carbonyl (C=O) groups is 2. The first-order valence-electron chi connectivity index (χ1n) is 12.8. The minimum Gasteiger partial charge on any atom is -0.496 e. The molecule has 0 bridgehead atoms. The monoisotopic (exact) mass is 581 g/mol. The van der Waals surface area contributed by atoms with Crippen LogP contribution in [0.25, 0.3) is 10.8 Å². The lowest BCUT2D eigenvalue weighted by atomic mass is 9.86. The highest BCUT2D eigenvalue weighted by molar-refractivity contribution is 9.10. The van der Waals surface area contributed by atoms with Crippen molar-refractivity contribution in [3.05, 3.63) is 64.6 Å². The number of amides is 2. The molecule has 8 nitrogen and oxygen atoms in total. The smallest absolute Gasteiger partial charge is 0.254 e. The molecule has 200 valence electrons. The molecule has 3 aromatic rings. The third kappa shape index (κ3) is 4.86. The lowest BCUT2D eigenvalue weighted by molar-refractivity contribution is -0.140. The van der Waals surface area contributed by atoms with E-state index in [-0.39, 0.29) is 25.0 Å². The molecule has 2 aliphatic heterocycles. The fourth-order valence-corrected chi connectivity index (χ4v) is 5.63. The zero-order valence-electron chi connectivity index (χ0n) is 21.8. The minimum atomic E-state index is -1.03. The van der Waals surface area contributed by atoms with E-state index >= 15 is 0 Å². The van der Waals surface area contributed by atoms with Gasteiger partial charge >= 0.3 is 0 Å². The van der Waals surface area contributed by atoms with Crippen molar-refractivity contribution in [3.63, 3.8) is 0 Å². The summed E-state index contributed by atoms with van der Waals surface area (Å²) >= 11 is 3.55. The Balaban J connectivity index is 1.64. The number of methoxy groups -OCH3 is 1. The molecule has 3 aromatic carbocycles. The summed E-state index contributed by atoms with van der Waals surface area (Å²) in [5, 5.41) is 7.96. The first kappa shape index (κ1) is 26.5. The van der Waals surface area contributed by atoms with Crippen molar-refractivity contribution in [2.45, 2.75) is 44.0 Å². The Labute approximate surface area is 230 Å². The normalized spacial score (nSPS) is 21.9. The van der Waals surface area contributed by atoms with Gasteiger partial charge in [-0.25, -0.2) is 0 Å². The summed E-state index contributed by atoms with van der Waals surface area (Å²) in [6.45, 7) is 2.77. The van der Waals surface area contributed by atoms with Gasteiger partial charge in [-0.1, -0.05) is 40.2 Å². The molecule has 0 aliphatic carbocycles. The third-order valence-corrected chi connectivity index (χ3v) is 7.94. The molecule has 1 saturated heterocycles. The number of halogens is 1. The van der Waals surface area contributed by atoms with E-state index < -0.39 is 17.7 Å². The van der Waals surface area contributed by atoms with Crippen LogP contribution < -0.4 is 25.0 Å². The van der Waals surface area contributed by atoms with Gasteiger partial charge in [0.25, 0.3) is 5.91 Å². The van der Waals surface area contributed by atoms with Crippen molar-refractivity contribution >= 4 is 44.2 Å². The van der Waals surface area contributed by atoms with Crippen LogP contribution in [-0.4, -0.2) is 56.9 Å². The van der Waals surface area contributed by atoms with Crippen LogP contribution in [0.4, 0.5) is 5.69 Å². The van der Waals surface area contributed by atoms with Gasteiger partial charge in [-0.05, 0) is 67.9 Å². The number of likely N-dealkylation sites (N-methyl/N-ethyl adjacent to an activating group) is 1. The van der Waals surface area contributed by atoms with Crippen LogP contribution in [0.2, 0.25) is 0 Å². The molecular weight excluding hydrogens is 550 g/mol. The highest BCUT2D eigenvalue weighted by atomic mass is 79.9. The van der Waals surface area contributed by atoms with Crippen LogP contribution in [0.5, 0.6) is 11.5 Å². The van der Waals surface area contributed by atoms with Crippen molar-refractivity contribution in [2.24, 2.45) is 0 Å². The van der Waals surface area contributed by atoms with Gasteiger partial charge in [0.1, 0.15) is 11.5 Å². The zero-order valence-corrected chi connectivity index (χ0v) is 23.3. The maximum Gasteiger partial charge on any atom is 0.254 e. The molecule has 3 atom stereocenters. The van der Waals surface area contributed by atoms with Gasteiger partial charge in [0.2, 0.25) is 5.91 Å². The second-order valence-corrected chi connectivity index (χ2v) is 10.7. The van der Waals surface area contributed by atoms with E-state index in [2.05, 4.69) is 26.6 Å². The molecule has 2 unspecified atom stereocenters. The van der Waals surface area contributed by atoms with Crippen LogP contribution in [0.15, 0.2) is 59.1 Å². The van der Waals surface area contributed by atoms with E-state index in [1.165, 1.54) is 0 Å². The quantitative estimate of drug-likeness (QED) is 0.454. The van der Waals surface area contributed by atoms with Gasteiger partial charge in [-0.3, -0.25) is 9.59 Å². The summed E-state index contributed by atoms with van der Waals surface area (Å²) in [6, 6.07) is 16.0. The van der Waals surface area contributed by atoms with Crippen molar-refractivity contribution in [1.82, 2.24) is 10.6 Å².